The molecular formula is C14H26IN. The standard InChI is InChI=1S/C14H26IN/c1-12-6-4-3-5-7-14(10-13(12)2)8-9-16-11-15/h8,12-13,16H,3-7,9-11H2,1-2H3/b14-8+. The van der Waals surface area contributed by atoms with Crippen LogP contribution in [0.1, 0.15) is 52.4 Å². The van der Waals surface area contributed by atoms with Crippen LogP contribution in [0.15, 0.2) is 11.6 Å². The van der Waals surface area contributed by atoms with Crippen molar-refractivity contribution in [1.82, 2.24) is 5.32 Å². The first-order chi connectivity index (χ1) is 7.74. The summed E-state index contributed by atoms with van der Waals surface area (Å²) < 4.78 is 1.05. The molecule has 0 spiro atoms. The lowest BCUT2D eigenvalue weighted by Gasteiger charge is -2.19. The molecule has 0 aliphatic heterocycles. The van der Waals surface area contributed by atoms with Gasteiger partial charge in [-0.3, -0.25) is 0 Å². The number of hydrogen-bond donors (Lipinski definition) is 1. The summed E-state index contributed by atoms with van der Waals surface area (Å²) in [5.74, 6) is 1.77. The van der Waals surface area contributed by atoms with Gasteiger partial charge in [0.15, 0.2) is 0 Å². The molecule has 1 aliphatic rings. The molecular weight excluding hydrogens is 309 g/mol. The Bertz CT molecular complexity index is 213. The predicted molar refractivity (Wildman–Crippen MR) is 81.0 cm³/mol. The van der Waals surface area contributed by atoms with Gasteiger partial charge in [-0.1, -0.05) is 67.3 Å². The Morgan fingerprint density at radius 3 is 2.81 bits per heavy atom. The second kappa shape index (κ2) is 8.51. The number of halogens is 1. The molecule has 16 heavy (non-hydrogen) atoms. The van der Waals surface area contributed by atoms with E-state index in [-0.39, 0.29) is 0 Å². The van der Waals surface area contributed by atoms with Gasteiger partial charge in [0.2, 0.25) is 0 Å². The lowest BCUT2D eigenvalue weighted by molar-refractivity contribution is 0.357. The highest BCUT2D eigenvalue weighted by atomic mass is 127. The molecule has 94 valence electrons. The van der Waals surface area contributed by atoms with Crippen LogP contribution in [-0.2, 0) is 0 Å². The van der Waals surface area contributed by atoms with Crippen LogP contribution in [0.3, 0.4) is 0 Å². The average Bonchev–Trinajstić information content (AvgIpc) is 2.33. The first-order valence-corrected chi connectivity index (χ1v) is 8.21. The van der Waals surface area contributed by atoms with Crippen molar-refractivity contribution in [1.29, 1.82) is 0 Å². The van der Waals surface area contributed by atoms with Gasteiger partial charge < -0.3 is 5.32 Å². The number of alkyl halides is 1. The molecule has 0 bridgehead atoms. The zero-order valence-electron chi connectivity index (χ0n) is 10.8. The third-order valence-corrected chi connectivity index (χ3v) is 4.38. The smallest absolute Gasteiger partial charge is 0.0482 e. The molecule has 1 aliphatic carbocycles. The fourth-order valence-corrected chi connectivity index (χ4v) is 2.76. The normalized spacial score (nSPS) is 30.8. The van der Waals surface area contributed by atoms with Crippen LogP contribution in [0.4, 0.5) is 0 Å². The lowest BCUT2D eigenvalue weighted by atomic mass is 9.87. The molecule has 0 aromatic rings. The molecule has 0 aromatic heterocycles. The van der Waals surface area contributed by atoms with Crippen molar-refractivity contribution in [2.45, 2.75) is 52.4 Å². The Morgan fingerprint density at radius 2 is 2.06 bits per heavy atom. The van der Waals surface area contributed by atoms with E-state index in [1.54, 1.807) is 5.57 Å². The van der Waals surface area contributed by atoms with Crippen LogP contribution in [0.2, 0.25) is 0 Å². The van der Waals surface area contributed by atoms with E-state index in [1.165, 1.54) is 38.5 Å². The minimum absolute atomic E-state index is 0.865. The first kappa shape index (κ1) is 14.5. The molecule has 2 heteroatoms. The highest BCUT2D eigenvalue weighted by molar-refractivity contribution is 14.1. The van der Waals surface area contributed by atoms with Crippen molar-refractivity contribution >= 4 is 22.6 Å². The lowest BCUT2D eigenvalue weighted by Crippen LogP contribution is -2.12. The van der Waals surface area contributed by atoms with Crippen molar-refractivity contribution in [3.05, 3.63) is 11.6 Å². The molecule has 1 N–H and O–H groups in total. The fourth-order valence-electron chi connectivity index (χ4n) is 2.45. The van der Waals surface area contributed by atoms with Crippen LogP contribution >= 0.6 is 22.6 Å². The van der Waals surface area contributed by atoms with E-state index in [0.717, 1.165) is 22.9 Å². The summed E-state index contributed by atoms with van der Waals surface area (Å²) in [5, 5.41) is 3.38. The van der Waals surface area contributed by atoms with Crippen molar-refractivity contribution in [3.63, 3.8) is 0 Å². The summed E-state index contributed by atoms with van der Waals surface area (Å²) >= 11 is 2.37. The van der Waals surface area contributed by atoms with E-state index in [9.17, 15) is 0 Å². The number of rotatable bonds is 3. The van der Waals surface area contributed by atoms with E-state index >= 15 is 0 Å². The molecule has 0 amide bonds. The Morgan fingerprint density at radius 1 is 1.25 bits per heavy atom. The first-order valence-electron chi connectivity index (χ1n) is 6.68. The molecule has 2 atom stereocenters. The molecule has 0 heterocycles. The monoisotopic (exact) mass is 335 g/mol. The maximum Gasteiger partial charge on any atom is 0.0482 e. The Balaban J connectivity index is 2.49. The van der Waals surface area contributed by atoms with Crippen molar-refractivity contribution in [2.75, 3.05) is 11.1 Å². The van der Waals surface area contributed by atoms with Crippen LogP contribution in [0.5, 0.6) is 0 Å². The average molecular weight is 335 g/mol. The summed E-state index contributed by atoms with van der Waals surface area (Å²) in [5.41, 5.74) is 1.69. The van der Waals surface area contributed by atoms with E-state index < -0.39 is 0 Å². The van der Waals surface area contributed by atoms with Crippen LogP contribution in [0.25, 0.3) is 0 Å². The highest BCUT2D eigenvalue weighted by Gasteiger charge is 2.15. The second-order valence-electron chi connectivity index (χ2n) is 5.21. The number of allylic oxidation sites excluding steroid dienone is 1. The van der Waals surface area contributed by atoms with Gasteiger partial charge in [0.1, 0.15) is 0 Å². The SMILES string of the molecule is CC1CCCCC/C(=C\CNCI)CC1C. The topological polar surface area (TPSA) is 12.0 Å². The van der Waals surface area contributed by atoms with Gasteiger partial charge in [-0.25, -0.2) is 0 Å². The molecule has 1 fully saturated rings. The maximum atomic E-state index is 3.38. The third-order valence-electron chi connectivity index (χ3n) is 3.84. The number of hydrogen-bond acceptors (Lipinski definition) is 1. The molecule has 0 radical (unpaired) electrons. The van der Waals surface area contributed by atoms with Gasteiger partial charge in [0.05, 0.1) is 0 Å². The van der Waals surface area contributed by atoms with E-state index in [1.807, 2.05) is 0 Å². The number of nitrogens with one attached hydrogen (secondary N) is 1. The minimum atomic E-state index is 0.865. The Kier molecular flexibility index (Phi) is 7.71. The molecule has 1 saturated carbocycles. The Labute approximate surface area is 115 Å². The quantitative estimate of drug-likeness (QED) is 0.263. The van der Waals surface area contributed by atoms with E-state index in [2.05, 4.69) is 47.8 Å². The zero-order chi connectivity index (χ0) is 11.8. The van der Waals surface area contributed by atoms with Crippen LogP contribution in [-0.4, -0.2) is 11.1 Å². The van der Waals surface area contributed by atoms with Gasteiger partial charge in [-0.15, -0.1) is 0 Å². The Hall–Kier alpha value is 0.430. The van der Waals surface area contributed by atoms with Gasteiger partial charge in [0.25, 0.3) is 0 Å². The summed E-state index contributed by atoms with van der Waals surface area (Å²) in [6.07, 6.45) is 10.8. The molecule has 0 saturated heterocycles. The molecule has 2 unspecified atom stereocenters. The van der Waals surface area contributed by atoms with Gasteiger partial charge >= 0.3 is 0 Å². The van der Waals surface area contributed by atoms with Gasteiger partial charge in [-0.2, -0.15) is 0 Å². The van der Waals surface area contributed by atoms with Gasteiger partial charge in [0, 0.05) is 11.1 Å². The van der Waals surface area contributed by atoms with Crippen molar-refractivity contribution in [2.24, 2.45) is 11.8 Å². The molecule has 1 nitrogen and oxygen atoms in total. The van der Waals surface area contributed by atoms with Crippen LogP contribution < -0.4 is 5.32 Å². The molecule has 1 rings (SSSR count). The fraction of sp³-hybridized carbons (Fsp3) is 0.857. The van der Waals surface area contributed by atoms with Gasteiger partial charge in [-0.05, 0) is 31.1 Å². The maximum absolute atomic E-state index is 3.38. The van der Waals surface area contributed by atoms with Crippen LogP contribution in [0, 0.1) is 11.8 Å². The zero-order valence-corrected chi connectivity index (χ0v) is 12.9. The molecule has 0 aromatic carbocycles. The third kappa shape index (κ3) is 5.67. The summed E-state index contributed by atoms with van der Waals surface area (Å²) in [6.45, 7) is 5.91. The van der Waals surface area contributed by atoms with Crippen molar-refractivity contribution in [3.8, 4) is 0 Å². The van der Waals surface area contributed by atoms with Crippen molar-refractivity contribution < 1.29 is 0 Å². The second-order valence-corrected chi connectivity index (χ2v) is 5.97. The largest absolute Gasteiger partial charge is 0.305 e. The summed E-state index contributed by atoms with van der Waals surface area (Å²) in [4.78, 5) is 0. The van der Waals surface area contributed by atoms with E-state index in [0.29, 0.717) is 0 Å². The predicted octanol–water partition coefficient (Wildman–Crippen LogP) is 4.52. The summed E-state index contributed by atoms with van der Waals surface area (Å²) in [6, 6.07) is 0. The minimum Gasteiger partial charge on any atom is -0.305 e. The summed E-state index contributed by atoms with van der Waals surface area (Å²) in [7, 11) is 0. The highest BCUT2D eigenvalue weighted by Crippen LogP contribution is 2.29. The van der Waals surface area contributed by atoms with E-state index in [4.69, 9.17) is 0 Å².